The second-order valence-corrected chi connectivity index (χ2v) is 9.41. The second-order valence-electron chi connectivity index (χ2n) is 9.41. The zero-order chi connectivity index (χ0) is 23.6. The van der Waals surface area contributed by atoms with E-state index in [2.05, 4.69) is 0 Å². The first-order chi connectivity index (χ1) is 15.7. The summed E-state index contributed by atoms with van der Waals surface area (Å²) in [6.07, 6.45) is 2.64. The molecule has 1 saturated heterocycles. The standard InChI is InChI=1S/C26H31BO6/c1-6-12-29-23(28)16-19-9-7-8-10-22(19)31-17-18-14-20-11-13-30-24(20)21(15-18)27-32-25(2,3)26(4,5)33-27/h7-11,13-15H,6,12,16-17H2,1-5H3. The molecule has 1 aliphatic heterocycles. The van der Waals surface area contributed by atoms with E-state index in [1.165, 1.54) is 0 Å². The zero-order valence-corrected chi connectivity index (χ0v) is 20.0. The molecule has 0 amide bonds. The van der Waals surface area contributed by atoms with E-state index in [-0.39, 0.29) is 12.4 Å². The van der Waals surface area contributed by atoms with Crippen LogP contribution in [-0.2, 0) is 31.9 Å². The Kier molecular flexibility index (Phi) is 6.55. The van der Waals surface area contributed by atoms with Crippen molar-refractivity contribution >= 4 is 29.5 Å². The van der Waals surface area contributed by atoms with Gasteiger partial charge in [0.2, 0.25) is 0 Å². The molecule has 0 radical (unpaired) electrons. The van der Waals surface area contributed by atoms with Gasteiger partial charge in [-0.25, -0.2) is 0 Å². The van der Waals surface area contributed by atoms with Crippen molar-refractivity contribution in [2.45, 2.75) is 65.3 Å². The minimum atomic E-state index is -0.538. The SMILES string of the molecule is CCCOC(=O)Cc1ccccc1OCc1cc(B2OC(C)(C)C(C)(C)O2)c2occc2c1. The molecule has 33 heavy (non-hydrogen) atoms. The number of rotatable bonds is 8. The van der Waals surface area contributed by atoms with E-state index in [1.54, 1.807) is 6.26 Å². The van der Waals surface area contributed by atoms with Gasteiger partial charge in [0.15, 0.2) is 0 Å². The minimum absolute atomic E-state index is 0.177. The predicted molar refractivity (Wildman–Crippen MR) is 128 cm³/mol. The van der Waals surface area contributed by atoms with E-state index in [9.17, 15) is 4.79 Å². The highest BCUT2D eigenvalue weighted by Crippen LogP contribution is 2.37. The Bertz CT molecular complexity index is 1120. The summed E-state index contributed by atoms with van der Waals surface area (Å²) in [5.41, 5.74) is 2.44. The number of hydrogen-bond acceptors (Lipinski definition) is 6. The average molecular weight is 450 g/mol. The Balaban J connectivity index is 1.55. The molecular formula is C26H31BO6. The maximum atomic E-state index is 12.1. The highest BCUT2D eigenvalue weighted by Gasteiger charge is 2.52. The number of furan rings is 1. The fourth-order valence-electron chi connectivity index (χ4n) is 3.78. The van der Waals surface area contributed by atoms with Gasteiger partial charge in [-0.3, -0.25) is 4.79 Å². The molecule has 174 valence electrons. The van der Waals surface area contributed by atoms with Crippen LogP contribution in [0.3, 0.4) is 0 Å². The van der Waals surface area contributed by atoms with Crippen LogP contribution in [0.1, 0.15) is 52.2 Å². The van der Waals surface area contributed by atoms with Gasteiger partial charge < -0.3 is 23.2 Å². The van der Waals surface area contributed by atoms with Gasteiger partial charge in [0.05, 0.1) is 30.5 Å². The van der Waals surface area contributed by atoms with E-state index < -0.39 is 18.3 Å². The van der Waals surface area contributed by atoms with Crippen molar-refractivity contribution in [1.29, 1.82) is 0 Å². The van der Waals surface area contributed by atoms with Crippen molar-refractivity contribution in [3.8, 4) is 5.75 Å². The first-order valence-corrected chi connectivity index (χ1v) is 11.4. The number of fused-ring (bicyclic) bond motifs is 1. The van der Waals surface area contributed by atoms with Gasteiger partial charge in [0.1, 0.15) is 17.9 Å². The molecule has 2 aromatic carbocycles. The van der Waals surface area contributed by atoms with Crippen molar-refractivity contribution in [3.05, 3.63) is 59.9 Å². The quantitative estimate of drug-likeness (QED) is 0.363. The third kappa shape index (κ3) is 4.94. The van der Waals surface area contributed by atoms with Crippen molar-refractivity contribution in [3.63, 3.8) is 0 Å². The van der Waals surface area contributed by atoms with Crippen LogP contribution in [0.4, 0.5) is 0 Å². The molecule has 4 rings (SSSR count). The number of benzene rings is 2. The molecule has 7 heteroatoms. The summed E-state index contributed by atoms with van der Waals surface area (Å²) in [6.45, 7) is 10.8. The summed E-state index contributed by atoms with van der Waals surface area (Å²) in [7, 11) is -0.538. The molecule has 1 fully saturated rings. The molecular weight excluding hydrogens is 419 g/mol. The lowest BCUT2D eigenvalue weighted by Gasteiger charge is -2.32. The number of carbonyl (C=O) groups is 1. The number of para-hydroxylation sites is 1. The lowest BCUT2D eigenvalue weighted by atomic mass is 9.77. The molecule has 0 bridgehead atoms. The van der Waals surface area contributed by atoms with Gasteiger partial charge in [-0.1, -0.05) is 31.2 Å². The van der Waals surface area contributed by atoms with Crippen LogP contribution in [0.5, 0.6) is 5.75 Å². The summed E-state index contributed by atoms with van der Waals surface area (Å²) in [6, 6.07) is 13.5. The summed E-state index contributed by atoms with van der Waals surface area (Å²) >= 11 is 0. The molecule has 0 atom stereocenters. The third-order valence-corrected chi connectivity index (χ3v) is 6.32. The van der Waals surface area contributed by atoms with Crippen molar-refractivity contribution in [2.24, 2.45) is 0 Å². The maximum absolute atomic E-state index is 12.1. The van der Waals surface area contributed by atoms with Crippen LogP contribution in [-0.4, -0.2) is 30.9 Å². The fourth-order valence-corrected chi connectivity index (χ4v) is 3.78. The molecule has 3 aromatic rings. The van der Waals surface area contributed by atoms with E-state index in [4.69, 9.17) is 23.2 Å². The van der Waals surface area contributed by atoms with Gasteiger partial charge in [-0.05, 0) is 57.9 Å². The van der Waals surface area contributed by atoms with Crippen LogP contribution in [0.25, 0.3) is 11.0 Å². The molecule has 1 aromatic heterocycles. The largest absolute Gasteiger partial charge is 0.498 e. The molecule has 0 unspecified atom stereocenters. The predicted octanol–water partition coefficient (Wildman–Crippen LogP) is 4.81. The Morgan fingerprint density at radius 2 is 1.76 bits per heavy atom. The number of carbonyl (C=O) groups excluding carboxylic acids is 1. The number of ether oxygens (including phenoxy) is 2. The van der Waals surface area contributed by atoms with Crippen LogP contribution >= 0.6 is 0 Å². The van der Waals surface area contributed by atoms with Crippen LogP contribution in [0, 0.1) is 0 Å². The number of hydrogen-bond donors (Lipinski definition) is 0. The van der Waals surface area contributed by atoms with E-state index in [1.807, 2.05) is 77.1 Å². The molecule has 2 heterocycles. The zero-order valence-electron chi connectivity index (χ0n) is 20.0. The summed E-state index contributed by atoms with van der Waals surface area (Å²) in [5.74, 6) is 0.409. The number of esters is 1. The van der Waals surface area contributed by atoms with Gasteiger partial charge >= 0.3 is 13.1 Å². The highest BCUT2D eigenvalue weighted by molar-refractivity contribution is 6.64. The molecule has 6 nitrogen and oxygen atoms in total. The maximum Gasteiger partial charge on any atom is 0.498 e. The first-order valence-electron chi connectivity index (χ1n) is 11.4. The smallest absolute Gasteiger partial charge is 0.489 e. The van der Waals surface area contributed by atoms with Gasteiger partial charge in [0.25, 0.3) is 0 Å². The van der Waals surface area contributed by atoms with Crippen LogP contribution in [0.2, 0.25) is 0 Å². The normalized spacial score (nSPS) is 16.8. The lowest BCUT2D eigenvalue weighted by molar-refractivity contribution is -0.142. The molecule has 0 N–H and O–H groups in total. The Labute approximate surface area is 195 Å². The first kappa shape index (κ1) is 23.4. The van der Waals surface area contributed by atoms with Gasteiger partial charge in [-0.15, -0.1) is 0 Å². The van der Waals surface area contributed by atoms with Crippen molar-refractivity contribution in [1.82, 2.24) is 0 Å². The minimum Gasteiger partial charge on any atom is -0.489 e. The molecule has 0 spiro atoms. The highest BCUT2D eigenvalue weighted by atomic mass is 16.7. The van der Waals surface area contributed by atoms with Gasteiger partial charge in [-0.2, -0.15) is 0 Å². The van der Waals surface area contributed by atoms with E-state index >= 15 is 0 Å². The van der Waals surface area contributed by atoms with Crippen molar-refractivity contribution in [2.75, 3.05) is 6.61 Å². The van der Waals surface area contributed by atoms with Gasteiger partial charge in [0, 0.05) is 16.4 Å². The molecule has 0 aliphatic carbocycles. The summed E-state index contributed by atoms with van der Waals surface area (Å²) in [4.78, 5) is 12.1. The average Bonchev–Trinajstić information content (AvgIpc) is 3.32. The lowest BCUT2D eigenvalue weighted by Crippen LogP contribution is -2.41. The van der Waals surface area contributed by atoms with Crippen molar-refractivity contribution < 1.29 is 28.0 Å². The fraction of sp³-hybridized carbons (Fsp3) is 0.423. The Morgan fingerprint density at radius 1 is 1.03 bits per heavy atom. The molecule has 1 aliphatic rings. The second kappa shape index (κ2) is 9.24. The summed E-state index contributed by atoms with van der Waals surface area (Å²) in [5, 5.41) is 0.956. The third-order valence-electron chi connectivity index (χ3n) is 6.32. The summed E-state index contributed by atoms with van der Waals surface area (Å²) < 4.78 is 29.6. The Hall–Kier alpha value is -2.77. The van der Waals surface area contributed by atoms with Crippen LogP contribution < -0.4 is 10.2 Å². The monoisotopic (exact) mass is 450 g/mol. The Morgan fingerprint density at radius 3 is 2.48 bits per heavy atom. The van der Waals surface area contributed by atoms with Crippen LogP contribution in [0.15, 0.2) is 53.1 Å². The topological polar surface area (TPSA) is 67.1 Å². The van der Waals surface area contributed by atoms with E-state index in [0.29, 0.717) is 19.0 Å². The van der Waals surface area contributed by atoms with E-state index in [0.717, 1.165) is 34.0 Å². The molecule has 0 saturated carbocycles.